The number of aryl methyl sites for hydroxylation is 1. The van der Waals surface area contributed by atoms with Gasteiger partial charge >= 0.3 is 5.97 Å². The van der Waals surface area contributed by atoms with Crippen molar-refractivity contribution >= 4 is 28.9 Å². The predicted molar refractivity (Wildman–Crippen MR) is 101 cm³/mol. The summed E-state index contributed by atoms with van der Waals surface area (Å²) in [5, 5.41) is 12.7. The Balaban J connectivity index is 1.75. The van der Waals surface area contributed by atoms with Crippen LogP contribution in [0.1, 0.15) is 29.5 Å². The average Bonchev–Trinajstić information content (AvgIpc) is 3.10. The fraction of sp³-hybridized carbons (Fsp3) is 0.222. The molecule has 7 nitrogen and oxygen atoms in total. The summed E-state index contributed by atoms with van der Waals surface area (Å²) in [5.74, 6) is 0.559. The third-order valence-corrected chi connectivity index (χ3v) is 4.83. The molecule has 0 aliphatic rings. The lowest BCUT2D eigenvalue weighted by Gasteiger charge is -2.07. The highest BCUT2D eigenvalue weighted by Crippen LogP contribution is 2.29. The second-order valence-corrected chi connectivity index (χ2v) is 6.92. The Morgan fingerprint density at radius 2 is 2.15 bits per heavy atom. The number of thiazole rings is 1. The smallest absolute Gasteiger partial charge is 0.303 e. The Kier molecular flexibility index (Phi) is 5.55. The lowest BCUT2D eigenvalue weighted by molar-refractivity contribution is -0.137. The first-order valence-corrected chi connectivity index (χ1v) is 8.93. The first-order valence-electron chi connectivity index (χ1n) is 8.11. The number of rotatable bonds is 7. The minimum absolute atomic E-state index is 0.0250. The summed E-state index contributed by atoms with van der Waals surface area (Å²) in [6.45, 7) is 2.00. The van der Waals surface area contributed by atoms with E-state index in [-0.39, 0.29) is 12.5 Å². The van der Waals surface area contributed by atoms with Crippen molar-refractivity contribution in [2.75, 3.05) is 5.32 Å². The van der Waals surface area contributed by atoms with Crippen LogP contribution in [0.4, 0.5) is 11.6 Å². The van der Waals surface area contributed by atoms with Gasteiger partial charge in [0.05, 0.1) is 16.6 Å². The molecule has 134 valence electrons. The number of nitrogens with zero attached hydrogens (tertiary/aromatic N) is 3. The van der Waals surface area contributed by atoms with Gasteiger partial charge in [-0.25, -0.2) is 15.0 Å². The predicted octanol–water partition coefficient (Wildman–Crippen LogP) is 3.52. The summed E-state index contributed by atoms with van der Waals surface area (Å²) in [4.78, 5) is 24.8. The molecular formula is C18H19N5O2S. The van der Waals surface area contributed by atoms with E-state index in [0.29, 0.717) is 17.2 Å². The Morgan fingerprint density at radius 3 is 2.92 bits per heavy atom. The maximum atomic E-state index is 10.7. The standard InChI is InChI=1S/C18H19N5O2S/c1-11-7-8-20-16(9-11)23-15-4-2-3-13(22-15)14-10-21-18(26-14)12(19)5-6-17(24)25/h2-4,7-10,12H,5-6,19H2,1H3,(H,24,25)(H,20,22,23)/t12-/m0/s1. The van der Waals surface area contributed by atoms with Crippen LogP contribution in [0.15, 0.2) is 42.7 Å². The number of nitrogens with one attached hydrogen (secondary N) is 1. The number of carboxylic acids is 1. The number of hydrogen-bond donors (Lipinski definition) is 3. The molecule has 1 atom stereocenters. The number of aliphatic carboxylic acids is 1. The van der Waals surface area contributed by atoms with Crippen molar-refractivity contribution in [2.24, 2.45) is 5.73 Å². The van der Waals surface area contributed by atoms with E-state index in [4.69, 9.17) is 10.8 Å². The van der Waals surface area contributed by atoms with Crippen LogP contribution < -0.4 is 11.1 Å². The van der Waals surface area contributed by atoms with Crippen LogP contribution in [0.25, 0.3) is 10.6 Å². The first-order chi connectivity index (χ1) is 12.5. The van der Waals surface area contributed by atoms with Gasteiger partial charge in [0.1, 0.15) is 16.6 Å². The molecule has 3 rings (SSSR count). The third-order valence-electron chi connectivity index (χ3n) is 3.68. The van der Waals surface area contributed by atoms with E-state index in [0.717, 1.165) is 22.0 Å². The summed E-state index contributed by atoms with van der Waals surface area (Å²) < 4.78 is 0. The van der Waals surface area contributed by atoms with E-state index >= 15 is 0 Å². The molecule has 0 radical (unpaired) electrons. The fourth-order valence-corrected chi connectivity index (χ4v) is 3.28. The molecule has 3 aromatic rings. The maximum absolute atomic E-state index is 10.7. The van der Waals surface area contributed by atoms with E-state index in [1.54, 1.807) is 12.4 Å². The highest BCUT2D eigenvalue weighted by atomic mass is 32.1. The van der Waals surface area contributed by atoms with Crippen LogP contribution in [-0.4, -0.2) is 26.0 Å². The van der Waals surface area contributed by atoms with E-state index in [1.807, 2.05) is 37.3 Å². The quantitative estimate of drug-likeness (QED) is 0.584. The number of carbonyl (C=O) groups is 1. The average molecular weight is 369 g/mol. The molecule has 0 saturated carbocycles. The van der Waals surface area contributed by atoms with Crippen LogP contribution in [0.5, 0.6) is 0 Å². The molecule has 0 fully saturated rings. The van der Waals surface area contributed by atoms with E-state index in [1.165, 1.54) is 11.3 Å². The van der Waals surface area contributed by atoms with Gasteiger partial charge in [0.2, 0.25) is 0 Å². The van der Waals surface area contributed by atoms with Gasteiger partial charge in [0.15, 0.2) is 0 Å². The van der Waals surface area contributed by atoms with Crippen molar-refractivity contribution < 1.29 is 9.90 Å². The molecule has 26 heavy (non-hydrogen) atoms. The molecule has 3 heterocycles. The highest BCUT2D eigenvalue weighted by Gasteiger charge is 2.14. The molecule has 0 aliphatic carbocycles. The number of aromatic nitrogens is 3. The van der Waals surface area contributed by atoms with Crippen molar-refractivity contribution in [3.05, 3.63) is 53.3 Å². The first kappa shape index (κ1) is 18.0. The van der Waals surface area contributed by atoms with Crippen molar-refractivity contribution in [1.29, 1.82) is 0 Å². The molecule has 4 N–H and O–H groups in total. The minimum Gasteiger partial charge on any atom is -0.481 e. The number of hydrogen-bond acceptors (Lipinski definition) is 7. The van der Waals surface area contributed by atoms with Gasteiger partial charge in [-0.15, -0.1) is 11.3 Å². The van der Waals surface area contributed by atoms with Gasteiger partial charge in [-0.3, -0.25) is 4.79 Å². The summed E-state index contributed by atoms with van der Waals surface area (Å²) >= 11 is 1.43. The second-order valence-electron chi connectivity index (χ2n) is 5.85. The van der Waals surface area contributed by atoms with E-state index in [2.05, 4.69) is 20.3 Å². The monoisotopic (exact) mass is 369 g/mol. The maximum Gasteiger partial charge on any atom is 0.303 e. The molecule has 0 spiro atoms. The van der Waals surface area contributed by atoms with Gasteiger partial charge in [-0.05, 0) is 43.2 Å². The molecule has 0 aliphatic heterocycles. The normalized spacial score (nSPS) is 11.9. The number of nitrogens with two attached hydrogens (primary N) is 1. The zero-order chi connectivity index (χ0) is 18.5. The summed E-state index contributed by atoms with van der Waals surface area (Å²) in [6, 6.07) is 9.16. The summed E-state index contributed by atoms with van der Waals surface area (Å²) in [6.07, 6.45) is 3.85. The van der Waals surface area contributed by atoms with Crippen LogP contribution in [0.2, 0.25) is 0 Å². The number of pyridine rings is 2. The zero-order valence-corrected chi connectivity index (χ0v) is 15.0. The SMILES string of the molecule is Cc1ccnc(Nc2cccc(-c3cnc([C@@H](N)CCC(=O)O)s3)n2)c1. The molecule has 0 unspecified atom stereocenters. The molecular weight excluding hydrogens is 350 g/mol. The number of carboxylic acid groups (broad SMARTS) is 1. The van der Waals surface area contributed by atoms with E-state index in [9.17, 15) is 4.79 Å². The lowest BCUT2D eigenvalue weighted by atomic mass is 10.2. The largest absolute Gasteiger partial charge is 0.481 e. The van der Waals surface area contributed by atoms with Gasteiger partial charge in [-0.2, -0.15) is 0 Å². The van der Waals surface area contributed by atoms with Crippen molar-refractivity contribution in [3.63, 3.8) is 0 Å². The Labute approximate surface area is 155 Å². The molecule has 0 amide bonds. The topological polar surface area (TPSA) is 114 Å². The molecule has 3 aromatic heterocycles. The lowest BCUT2D eigenvalue weighted by Crippen LogP contribution is -2.11. The Morgan fingerprint density at radius 1 is 1.31 bits per heavy atom. The number of anilines is 2. The van der Waals surface area contributed by atoms with Crippen LogP contribution in [-0.2, 0) is 4.79 Å². The second kappa shape index (κ2) is 8.03. The van der Waals surface area contributed by atoms with Gasteiger partial charge < -0.3 is 16.2 Å². The third kappa shape index (κ3) is 4.62. The Hall–Kier alpha value is -2.84. The summed E-state index contributed by atoms with van der Waals surface area (Å²) in [7, 11) is 0. The Bertz CT molecular complexity index is 912. The molecule has 0 aromatic carbocycles. The zero-order valence-electron chi connectivity index (χ0n) is 14.2. The molecule has 8 heteroatoms. The van der Waals surface area contributed by atoms with E-state index < -0.39 is 5.97 Å². The highest BCUT2D eigenvalue weighted by molar-refractivity contribution is 7.15. The van der Waals surface area contributed by atoms with Crippen molar-refractivity contribution in [3.8, 4) is 10.6 Å². The van der Waals surface area contributed by atoms with Crippen LogP contribution in [0.3, 0.4) is 0 Å². The minimum atomic E-state index is -0.859. The van der Waals surface area contributed by atoms with Crippen molar-refractivity contribution in [1.82, 2.24) is 15.0 Å². The van der Waals surface area contributed by atoms with Gasteiger partial charge in [0.25, 0.3) is 0 Å². The molecule has 0 saturated heterocycles. The fourth-order valence-electron chi connectivity index (χ4n) is 2.36. The van der Waals surface area contributed by atoms with Crippen molar-refractivity contribution in [2.45, 2.75) is 25.8 Å². The van der Waals surface area contributed by atoms with Gasteiger partial charge in [0, 0.05) is 18.8 Å². The molecule has 0 bridgehead atoms. The summed E-state index contributed by atoms with van der Waals surface area (Å²) in [5.41, 5.74) is 7.91. The van der Waals surface area contributed by atoms with Crippen LogP contribution in [0, 0.1) is 6.92 Å². The van der Waals surface area contributed by atoms with Gasteiger partial charge in [-0.1, -0.05) is 6.07 Å². The van der Waals surface area contributed by atoms with Crippen LogP contribution >= 0.6 is 11.3 Å².